The van der Waals surface area contributed by atoms with Crippen molar-refractivity contribution in [3.63, 3.8) is 0 Å². The van der Waals surface area contributed by atoms with Gasteiger partial charge in [-0.15, -0.1) is 0 Å². The van der Waals surface area contributed by atoms with E-state index in [2.05, 4.69) is 25.7 Å². The van der Waals surface area contributed by atoms with Gasteiger partial charge in [0, 0.05) is 31.0 Å². The molecule has 4 atom stereocenters. The number of esters is 1. The van der Waals surface area contributed by atoms with Gasteiger partial charge >= 0.3 is 5.97 Å². The number of nitrogens with zero attached hydrogens (tertiary/aromatic N) is 1. The Balaban J connectivity index is 1.57. The molecule has 26 heavy (non-hydrogen) atoms. The first kappa shape index (κ1) is 18.0. The van der Waals surface area contributed by atoms with Gasteiger partial charge in [0.2, 0.25) is 0 Å². The predicted molar refractivity (Wildman–Crippen MR) is 101 cm³/mol. The maximum Gasteiger partial charge on any atom is 0.338 e. The number of carbonyl (C=O) groups is 1. The molecule has 0 spiro atoms. The van der Waals surface area contributed by atoms with E-state index in [-0.39, 0.29) is 22.9 Å². The summed E-state index contributed by atoms with van der Waals surface area (Å²) in [7, 11) is 0. The number of fused-ring (bicyclic) bond motifs is 2. The van der Waals surface area contributed by atoms with Crippen molar-refractivity contribution in [3.8, 4) is 0 Å². The number of ether oxygens (including phenoxy) is 2. The van der Waals surface area contributed by atoms with E-state index in [9.17, 15) is 4.79 Å². The van der Waals surface area contributed by atoms with E-state index in [4.69, 9.17) is 9.47 Å². The molecule has 4 unspecified atom stereocenters. The quantitative estimate of drug-likeness (QED) is 0.772. The van der Waals surface area contributed by atoms with Crippen LogP contribution >= 0.6 is 0 Å². The zero-order chi connectivity index (χ0) is 18.4. The van der Waals surface area contributed by atoms with Crippen LogP contribution in [0, 0.1) is 22.7 Å². The lowest BCUT2D eigenvalue weighted by molar-refractivity contribution is -0.0519. The fraction of sp³-hybridized carbons (Fsp3) is 0.682. The third-order valence-corrected chi connectivity index (χ3v) is 7.72. The Hall–Kier alpha value is -1.39. The number of morpholine rings is 1. The van der Waals surface area contributed by atoms with Gasteiger partial charge in [-0.25, -0.2) is 4.79 Å². The highest BCUT2D eigenvalue weighted by atomic mass is 16.5. The molecule has 2 aliphatic carbocycles. The van der Waals surface area contributed by atoms with E-state index in [1.165, 1.54) is 6.42 Å². The normalized spacial score (nSPS) is 36.2. The van der Waals surface area contributed by atoms with Crippen molar-refractivity contribution in [1.29, 1.82) is 0 Å². The summed E-state index contributed by atoms with van der Waals surface area (Å²) in [6.07, 6.45) is 2.39. The molecule has 4 rings (SSSR count). The third kappa shape index (κ3) is 2.78. The lowest BCUT2D eigenvalue weighted by Gasteiger charge is -2.40. The molecule has 2 bridgehead atoms. The first-order valence-electron chi connectivity index (χ1n) is 9.99. The van der Waals surface area contributed by atoms with Crippen molar-refractivity contribution >= 4 is 5.97 Å². The van der Waals surface area contributed by atoms with Crippen LogP contribution in [-0.4, -0.2) is 49.8 Å². The Morgan fingerprint density at radius 1 is 1.19 bits per heavy atom. The number of carbonyl (C=O) groups excluding carboxylic acids is 1. The molecule has 0 amide bonds. The Kier molecular flexibility index (Phi) is 4.60. The van der Waals surface area contributed by atoms with Gasteiger partial charge in [0.25, 0.3) is 0 Å². The average molecular weight is 357 g/mol. The van der Waals surface area contributed by atoms with E-state index in [1.54, 1.807) is 0 Å². The molecule has 1 saturated heterocycles. The molecule has 1 aromatic rings. The van der Waals surface area contributed by atoms with Crippen LogP contribution in [0.4, 0.5) is 0 Å². The second-order valence-corrected chi connectivity index (χ2v) is 9.05. The van der Waals surface area contributed by atoms with Gasteiger partial charge in [0.1, 0.15) is 6.10 Å². The first-order chi connectivity index (χ1) is 12.4. The molecule has 0 radical (unpaired) electrons. The average Bonchev–Trinajstić information content (AvgIpc) is 2.96. The molecule has 1 aliphatic heterocycles. The number of hydrogen-bond acceptors (Lipinski definition) is 4. The van der Waals surface area contributed by atoms with Crippen LogP contribution in [0.1, 0.15) is 44.0 Å². The van der Waals surface area contributed by atoms with Gasteiger partial charge in [0.05, 0.1) is 18.8 Å². The summed E-state index contributed by atoms with van der Waals surface area (Å²) in [5.74, 6) is 0.852. The largest absolute Gasteiger partial charge is 0.458 e. The lowest BCUT2D eigenvalue weighted by atomic mass is 9.70. The molecule has 2 saturated carbocycles. The zero-order valence-corrected chi connectivity index (χ0v) is 16.2. The highest BCUT2D eigenvalue weighted by molar-refractivity contribution is 5.89. The van der Waals surface area contributed by atoms with Crippen LogP contribution in [0.15, 0.2) is 30.3 Å². The summed E-state index contributed by atoms with van der Waals surface area (Å²) >= 11 is 0. The van der Waals surface area contributed by atoms with Crippen LogP contribution in [-0.2, 0) is 9.47 Å². The molecule has 4 nitrogen and oxygen atoms in total. The smallest absolute Gasteiger partial charge is 0.338 e. The summed E-state index contributed by atoms with van der Waals surface area (Å²) in [4.78, 5) is 15.3. The second-order valence-electron chi connectivity index (χ2n) is 9.05. The Morgan fingerprint density at radius 3 is 2.58 bits per heavy atom. The molecule has 0 N–H and O–H groups in total. The Morgan fingerprint density at radius 2 is 1.88 bits per heavy atom. The minimum atomic E-state index is -0.174. The molecule has 4 heteroatoms. The maximum atomic E-state index is 12.8. The molecule has 1 heterocycles. The van der Waals surface area contributed by atoms with Gasteiger partial charge in [0.15, 0.2) is 0 Å². The van der Waals surface area contributed by atoms with Crippen molar-refractivity contribution in [2.75, 3.05) is 32.8 Å². The van der Waals surface area contributed by atoms with Crippen LogP contribution in [0.2, 0.25) is 0 Å². The minimum Gasteiger partial charge on any atom is -0.458 e. The van der Waals surface area contributed by atoms with E-state index in [0.717, 1.165) is 39.3 Å². The fourth-order valence-electron chi connectivity index (χ4n) is 5.78. The summed E-state index contributed by atoms with van der Waals surface area (Å²) in [6, 6.07) is 9.42. The van der Waals surface area contributed by atoms with Crippen molar-refractivity contribution in [2.24, 2.45) is 22.7 Å². The Labute approximate surface area is 156 Å². The van der Waals surface area contributed by atoms with Crippen LogP contribution < -0.4 is 0 Å². The van der Waals surface area contributed by atoms with Crippen molar-refractivity contribution in [2.45, 2.75) is 39.7 Å². The van der Waals surface area contributed by atoms with E-state index >= 15 is 0 Å². The zero-order valence-electron chi connectivity index (χ0n) is 16.2. The minimum absolute atomic E-state index is 0.00759. The molecular weight excluding hydrogens is 326 g/mol. The van der Waals surface area contributed by atoms with E-state index in [0.29, 0.717) is 17.4 Å². The number of rotatable bonds is 4. The summed E-state index contributed by atoms with van der Waals surface area (Å²) in [6.45, 7) is 11.7. The van der Waals surface area contributed by atoms with Crippen LogP contribution in [0.5, 0.6) is 0 Å². The monoisotopic (exact) mass is 357 g/mol. The number of benzene rings is 1. The van der Waals surface area contributed by atoms with Crippen molar-refractivity contribution in [1.82, 2.24) is 4.90 Å². The van der Waals surface area contributed by atoms with Gasteiger partial charge in [-0.1, -0.05) is 39.0 Å². The molecular formula is C22H31NO3. The lowest BCUT2D eigenvalue weighted by Crippen LogP contribution is -2.47. The summed E-state index contributed by atoms with van der Waals surface area (Å²) < 4.78 is 11.7. The molecule has 0 aromatic heterocycles. The summed E-state index contributed by atoms with van der Waals surface area (Å²) in [5, 5.41) is 0. The summed E-state index contributed by atoms with van der Waals surface area (Å²) in [5.41, 5.74) is 0.909. The van der Waals surface area contributed by atoms with Crippen molar-refractivity contribution in [3.05, 3.63) is 35.9 Å². The fourth-order valence-corrected chi connectivity index (χ4v) is 5.78. The predicted octanol–water partition coefficient (Wildman–Crippen LogP) is 3.62. The van der Waals surface area contributed by atoms with E-state index in [1.807, 2.05) is 30.3 Å². The second kappa shape index (κ2) is 6.65. The molecule has 142 valence electrons. The van der Waals surface area contributed by atoms with Gasteiger partial charge in [-0.3, -0.25) is 4.90 Å². The maximum absolute atomic E-state index is 12.8. The van der Waals surface area contributed by atoms with Crippen LogP contribution in [0.3, 0.4) is 0 Å². The highest BCUT2D eigenvalue weighted by Gasteiger charge is 2.67. The first-order valence-corrected chi connectivity index (χ1v) is 9.99. The van der Waals surface area contributed by atoms with Gasteiger partial charge < -0.3 is 9.47 Å². The van der Waals surface area contributed by atoms with Gasteiger partial charge in [-0.2, -0.15) is 0 Å². The van der Waals surface area contributed by atoms with E-state index < -0.39 is 0 Å². The molecule has 1 aromatic carbocycles. The Bertz CT molecular complexity index is 653. The molecule has 3 fully saturated rings. The van der Waals surface area contributed by atoms with Crippen molar-refractivity contribution < 1.29 is 14.3 Å². The SMILES string of the molecule is CC1(C)C2CCC1(C)C(OC(=O)c1ccccc1)C2CN1CCOCC1. The third-order valence-electron chi connectivity index (χ3n) is 7.72. The highest BCUT2D eigenvalue weighted by Crippen LogP contribution is 2.68. The standard InChI is InChI=1S/C22H31NO3/c1-21(2)18-9-10-22(21,3)19(17(18)15-23-11-13-25-14-12-23)26-20(24)16-7-5-4-6-8-16/h4-8,17-19H,9-15H2,1-3H3. The topological polar surface area (TPSA) is 38.8 Å². The van der Waals surface area contributed by atoms with Crippen LogP contribution in [0.25, 0.3) is 0 Å². The van der Waals surface area contributed by atoms with Gasteiger partial charge in [-0.05, 0) is 36.3 Å². The number of hydrogen-bond donors (Lipinski definition) is 0. The molecule has 3 aliphatic rings.